The average molecular weight is 402 g/mol. The first-order valence-electron chi connectivity index (χ1n) is 9.97. The fourth-order valence-corrected chi connectivity index (χ4v) is 3.94. The minimum absolute atomic E-state index is 0.0204. The highest BCUT2D eigenvalue weighted by Gasteiger charge is 2.30. The summed E-state index contributed by atoms with van der Waals surface area (Å²) in [5.41, 5.74) is 7.95. The molecule has 2 aliphatic rings. The fraction of sp³-hybridized carbons (Fsp3) is 0.476. The molecule has 2 aliphatic heterocycles. The molecule has 2 N–H and O–H groups in total. The van der Waals surface area contributed by atoms with Crippen LogP contribution in [0.1, 0.15) is 27.7 Å². The standard InChI is InChI=1S/C21H27FN4O3/c1-25(12-17-11-23-24-20(17)15-2-4-18(22)5-3-15)21(27)16-10-19(29-14-16)13-26-6-8-28-9-7-26/h2-5,10,14,17,20,23-24H,6-9,11-13H2,1H3. The van der Waals surface area contributed by atoms with E-state index >= 15 is 0 Å². The van der Waals surface area contributed by atoms with Crippen molar-refractivity contribution in [3.05, 3.63) is 59.3 Å². The number of amides is 1. The van der Waals surface area contributed by atoms with Crippen LogP contribution in [-0.4, -0.2) is 62.1 Å². The van der Waals surface area contributed by atoms with Gasteiger partial charge in [0.05, 0.1) is 31.4 Å². The Kier molecular flexibility index (Phi) is 6.25. The number of nitrogens with one attached hydrogen (secondary N) is 2. The SMILES string of the molecule is CN(CC1CNNC1c1ccc(F)cc1)C(=O)c1coc(CN2CCOCC2)c1. The van der Waals surface area contributed by atoms with Gasteiger partial charge in [-0.1, -0.05) is 12.1 Å². The van der Waals surface area contributed by atoms with Gasteiger partial charge in [0.15, 0.2) is 0 Å². The van der Waals surface area contributed by atoms with E-state index in [9.17, 15) is 9.18 Å². The highest BCUT2D eigenvalue weighted by Crippen LogP contribution is 2.26. The summed E-state index contributed by atoms with van der Waals surface area (Å²) >= 11 is 0. The lowest BCUT2D eigenvalue weighted by atomic mass is 9.94. The van der Waals surface area contributed by atoms with Crippen molar-refractivity contribution in [3.8, 4) is 0 Å². The molecular weight excluding hydrogens is 375 g/mol. The van der Waals surface area contributed by atoms with Gasteiger partial charge in [0.1, 0.15) is 17.8 Å². The molecule has 8 heteroatoms. The van der Waals surface area contributed by atoms with Crippen molar-refractivity contribution >= 4 is 5.91 Å². The molecule has 2 unspecified atom stereocenters. The molecule has 4 rings (SSSR count). The van der Waals surface area contributed by atoms with E-state index in [1.165, 1.54) is 18.4 Å². The molecule has 156 valence electrons. The van der Waals surface area contributed by atoms with Crippen LogP contribution >= 0.6 is 0 Å². The van der Waals surface area contributed by atoms with Crippen molar-refractivity contribution in [1.82, 2.24) is 20.7 Å². The number of ether oxygens (including phenoxy) is 1. The minimum atomic E-state index is -0.253. The molecule has 2 fully saturated rings. The number of hydrazine groups is 1. The van der Waals surface area contributed by atoms with Gasteiger partial charge >= 0.3 is 0 Å². The molecule has 0 spiro atoms. The third kappa shape index (κ3) is 4.84. The smallest absolute Gasteiger partial charge is 0.256 e. The number of furan rings is 1. The zero-order valence-corrected chi connectivity index (χ0v) is 16.6. The zero-order chi connectivity index (χ0) is 20.2. The van der Waals surface area contributed by atoms with E-state index in [0.29, 0.717) is 18.7 Å². The number of halogens is 1. The molecule has 0 radical (unpaired) electrons. The molecule has 0 saturated carbocycles. The van der Waals surface area contributed by atoms with E-state index in [4.69, 9.17) is 9.15 Å². The Morgan fingerprint density at radius 1 is 1.28 bits per heavy atom. The van der Waals surface area contributed by atoms with Gasteiger partial charge in [0, 0.05) is 39.1 Å². The van der Waals surface area contributed by atoms with Crippen LogP contribution in [-0.2, 0) is 11.3 Å². The van der Waals surface area contributed by atoms with Crippen molar-refractivity contribution in [1.29, 1.82) is 0 Å². The lowest BCUT2D eigenvalue weighted by Crippen LogP contribution is -2.35. The van der Waals surface area contributed by atoms with E-state index in [2.05, 4.69) is 15.8 Å². The summed E-state index contributed by atoms with van der Waals surface area (Å²) in [5, 5.41) is 0. The highest BCUT2D eigenvalue weighted by atomic mass is 19.1. The van der Waals surface area contributed by atoms with Gasteiger partial charge in [-0.05, 0) is 23.8 Å². The minimum Gasteiger partial charge on any atom is -0.467 e. The molecule has 2 aromatic rings. The molecule has 1 aromatic heterocycles. The van der Waals surface area contributed by atoms with Crippen LogP contribution in [0.2, 0.25) is 0 Å². The highest BCUT2D eigenvalue weighted by molar-refractivity contribution is 5.93. The lowest BCUT2D eigenvalue weighted by Gasteiger charge is -2.25. The number of carbonyl (C=O) groups is 1. The zero-order valence-electron chi connectivity index (χ0n) is 16.6. The van der Waals surface area contributed by atoms with Gasteiger partial charge in [-0.25, -0.2) is 9.82 Å². The maximum absolute atomic E-state index is 13.2. The fourth-order valence-electron chi connectivity index (χ4n) is 3.94. The Bertz CT molecular complexity index is 820. The summed E-state index contributed by atoms with van der Waals surface area (Å²) in [5.74, 6) is 0.647. The van der Waals surface area contributed by atoms with Crippen molar-refractivity contribution in [2.75, 3.05) is 46.4 Å². The maximum Gasteiger partial charge on any atom is 0.256 e. The Morgan fingerprint density at radius 3 is 2.79 bits per heavy atom. The number of rotatable bonds is 6. The first-order chi connectivity index (χ1) is 14.1. The van der Waals surface area contributed by atoms with Crippen LogP contribution in [0.3, 0.4) is 0 Å². The van der Waals surface area contributed by atoms with Crippen molar-refractivity contribution in [3.63, 3.8) is 0 Å². The van der Waals surface area contributed by atoms with Crippen LogP contribution in [0, 0.1) is 11.7 Å². The molecule has 1 aromatic carbocycles. The molecule has 2 atom stereocenters. The molecular formula is C21H27FN4O3. The number of hydrogen-bond donors (Lipinski definition) is 2. The van der Waals surface area contributed by atoms with E-state index in [1.807, 2.05) is 6.07 Å². The number of nitrogens with zero attached hydrogens (tertiary/aromatic N) is 2. The van der Waals surface area contributed by atoms with Crippen molar-refractivity contribution in [2.24, 2.45) is 5.92 Å². The number of carbonyl (C=O) groups excluding carboxylic acids is 1. The van der Waals surface area contributed by atoms with E-state index in [-0.39, 0.29) is 23.7 Å². The lowest BCUT2D eigenvalue weighted by molar-refractivity contribution is 0.0313. The monoisotopic (exact) mass is 402 g/mol. The van der Waals surface area contributed by atoms with Gasteiger partial charge in [-0.3, -0.25) is 15.1 Å². The normalized spacial score (nSPS) is 22.7. The Labute approximate surface area is 169 Å². The largest absolute Gasteiger partial charge is 0.467 e. The van der Waals surface area contributed by atoms with Gasteiger partial charge in [0.25, 0.3) is 5.91 Å². The predicted octanol–water partition coefficient (Wildman–Crippen LogP) is 1.79. The predicted molar refractivity (Wildman–Crippen MR) is 106 cm³/mol. The van der Waals surface area contributed by atoms with E-state index in [0.717, 1.165) is 44.2 Å². The summed E-state index contributed by atoms with van der Waals surface area (Å²) in [6.45, 7) is 5.19. The maximum atomic E-state index is 13.2. The summed E-state index contributed by atoms with van der Waals surface area (Å²) < 4.78 is 24.2. The Morgan fingerprint density at radius 2 is 2.03 bits per heavy atom. The molecule has 3 heterocycles. The quantitative estimate of drug-likeness (QED) is 0.768. The first kappa shape index (κ1) is 20.0. The molecule has 29 heavy (non-hydrogen) atoms. The van der Waals surface area contributed by atoms with Crippen LogP contribution < -0.4 is 10.9 Å². The number of benzene rings is 1. The third-order valence-corrected chi connectivity index (χ3v) is 5.56. The summed E-state index contributed by atoms with van der Waals surface area (Å²) in [6.07, 6.45) is 1.54. The van der Waals surface area contributed by atoms with Gasteiger partial charge < -0.3 is 14.1 Å². The van der Waals surface area contributed by atoms with Crippen LogP contribution in [0.25, 0.3) is 0 Å². The van der Waals surface area contributed by atoms with Crippen LogP contribution in [0.15, 0.2) is 41.0 Å². The van der Waals surface area contributed by atoms with Gasteiger partial charge in [-0.15, -0.1) is 0 Å². The van der Waals surface area contributed by atoms with Gasteiger partial charge in [0.2, 0.25) is 0 Å². The molecule has 7 nitrogen and oxygen atoms in total. The van der Waals surface area contributed by atoms with E-state index < -0.39 is 0 Å². The summed E-state index contributed by atoms with van der Waals surface area (Å²) in [6, 6.07) is 8.33. The summed E-state index contributed by atoms with van der Waals surface area (Å²) in [4.78, 5) is 16.8. The topological polar surface area (TPSA) is 70.0 Å². The molecule has 0 bridgehead atoms. The average Bonchev–Trinajstić information content (AvgIpc) is 3.38. The van der Waals surface area contributed by atoms with Crippen molar-refractivity contribution < 1.29 is 18.3 Å². The Hall–Kier alpha value is -2.26. The van der Waals surface area contributed by atoms with Gasteiger partial charge in [-0.2, -0.15) is 0 Å². The second-order valence-corrected chi connectivity index (χ2v) is 7.69. The summed E-state index contributed by atoms with van der Waals surface area (Å²) in [7, 11) is 1.80. The van der Waals surface area contributed by atoms with Crippen LogP contribution in [0.5, 0.6) is 0 Å². The first-order valence-corrected chi connectivity index (χ1v) is 9.97. The second-order valence-electron chi connectivity index (χ2n) is 7.69. The molecule has 1 amide bonds. The van der Waals surface area contributed by atoms with Crippen LogP contribution in [0.4, 0.5) is 4.39 Å². The number of hydrogen-bond acceptors (Lipinski definition) is 6. The molecule has 0 aliphatic carbocycles. The molecule has 2 saturated heterocycles. The second kappa shape index (κ2) is 9.04. The van der Waals surface area contributed by atoms with E-state index in [1.54, 1.807) is 24.1 Å². The number of morpholine rings is 1. The third-order valence-electron chi connectivity index (χ3n) is 5.56. The van der Waals surface area contributed by atoms with Crippen molar-refractivity contribution in [2.45, 2.75) is 12.6 Å². The Balaban J connectivity index is 1.36.